The Hall–Kier alpha value is -1.94. The number of rotatable bonds is 1. The zero-order valence-corrected chi connectivity index (χ0v) is 9.76. The maximum absolute atomic E-state index is 9.81. The maximum Gasteiger partial charge on any atom is 0.158 e. The van der Waals surface area contributed by atoms with Gasteiger partial charge in [-0.2, -0.15) is 0 Å². The summed E-state index contributed by atoms with van der Waals surface area (Å²) in [5, 5.41) is 1.77. The van der Waals surface area contributed by atoms with Crippen LogP contribution in [0.2, 0.25) is 0 Å². The Kier molecular flexibility index (Phi) is 3.67. The molecule has 1 aromatic carbocycles. The molecule has 0 spiro atoms. The summed E-state index contributed by atoms with van der Waals surface area (Å²) in [6.07, 6.45) is 3.60. The lowest BCUT2D eigenvalue weighted by atomic mass is 10.3. The standard InChI is InChI=1S/C8H6OS.C5H4O2/c10-8-5-6-3-1-2-4-7(6)9-8;6-3-5-1-2-7-4-5/h1-5,10H;1-4H. The number of hydrogen-bond donors (Lipinski definition) is 1. The predicted octanol–water partition coefficient (Wildman–Crippen LogP) is 3.81. The van der Waals surface area contributed by atoms with Crippen LogP contribution >= 0.6 is 12.6 Å². The highest BCUT2D eigenvalue weighted by Gasteiger charge is 1.96. The SMILES string of the molecule is O=Cc1ccoc1.Sc1cc2ccccc2o1. The number of furan rings is 2. The molecule has 0 radical (unpaired) electrons. The summed E-state index contributed by atoms with van der Waals surface area (Å²) in [7, 11) is 0. The summed E-state index contributed by atoms with van der Waals surface area (Å²) >= 11 is 4.08. The predicted molar refractivity (Wildman–Crippen MR) is 67.6 cm³/mol. The van der Waals surface area contributed by atoms with E-state index in [-0.39, 0.29) is 0 Å². The van der Waals surface area contributed by atoms with Crippen LogP contribution in [-0.2, 0) is 0 Å². The van der Waals surface area contributed by atoms with Gasteiger partial charge in [-0.1, -0.05) is 18.2 Å². The fourth-order valence-electron chi connectivity index (χ4n) is 1.31. The van der Waals surface area contributed by atoms with Crippen molar-refractivity contribution >= 4 is 29.9 Å². The van der Waals surface area contributed by atoms with Crippen LogP contribution in [0, 0.1) is 0 Å². The van der Waals surface area contributed by atoms with Crippen molar-refractivity contribution in [3.8, 4) is 0 Å². The van der Waals surface area contributed by atoms with Crippen LogP contribution in [0.25, 0.3) is 11.0 Å². The Morgan fingerprint density at radius 1 is 1.18 bits per heavy atom. The molecular weight excluding hydrogens is 236 g/mol. The molecule has 0 fully saturated rings. The summed E-state index contributed by atoms with van der Waals surface area (Å²) in [5.74, 6) is 0. The molecule has 0 amide bonds. The molecule has 3 nitrogen and oxygen atoms in total. The van der Waals surface area contributed by atoms with Gasteiger partial charge in [0, 0.05) is 5.39 Å². The van der Waals surface area contributed by atoms with E-state index in [1.54, 1.807) is 6.07 Å². The van der Waals surface area contributed by atoms with Gasteiger partial charge >= 0.3 is 0 Å². The van der Waals surface area contributed by atoms with Gasteiger partial charge in [0.1, 0.15) is 11.8 Å². The number of carbonyl (C=O) groups is 1. The minimum atomic E-state index is 0.583. The molecule has 0 atom stereocenters. The third kappa shape index (κ3) is 3.01. The number of fused-ring (bicyclic) bond motifs is 1. The van der Waals surface area contributed by atoms with Crippen molar-refractivity contribution in [2.24, 2.45) is 0 Å². The van der Waals surface area contributed by atoms with E-state index in [0.717, 1.165) is 17.3 Å². The summed E-state index contributed by atoms with van der Waals surface area (Å²) in [6.45, 7) is 0. The molecule has 3 aromatic rings. The van der Waals surface area contributed by atoms with Crippen molar-refractivity contribution in [3.63, 3.8) is 0 Å². The molecule has 2 heterocycles. The van der Waals surface area contributed by atoms with Crippen LogP contribution < -0.4 is 0 Å². The van der Waals surface area contributed by atoms with Gasteiger partial charge in [-0.15, -0.1) is 12.6 Å². The van der Waals surface area contributed by atoms with E-state index in [1.807, 2.05) is 30.3 Å². The molecule has 0 saturated heterocycles. The Morgan fingerprint density at radius 3 is 2.59 bits per heavy atom. The molecule has 17 heavy (non-hydrogen) atoms. The van der Waals surface area contributed by atoms with Crippen LogP contribution in [0.4, 0.5) is 0 Å². The third-order valence-electron chi connectivity index (χ3n) is 2.09. The number of aldehydes is 1. The monoisotopic (exact) mass is 246 g/mol. The molecule has 0 aliphatic rings. The average molecular weight is 246 g/mol. The number of para-hydroxylation sites is 1. The van der Waals surface area contributed by atoms with Crippen LogP contribution in [0.15, 0.2) is 62.9 Å². The van der Waals surface area contributed by atoms with E-state index in [2.05, 4.69) is 17.0 Å². The summed E-state index contributed by atoms with van der Waals surface area (Å²) in [4.78, 5) is 9.81. The highest BCUT2D eigenvalue weighted by molar-refractivity contribution is 7.80. The van der Waals surface area contributed by atoms with Crippen LogP contribution in [0.5, 0.6) is 0 Å². The van der Waals surface area contributed by atoms with Crippen molar-refractivity contribution in [3.05, 3.63) is 54.5 Å². The minimum absolute atomic E-state index is 0.583. The summed E-state index contributed by atoms with van der Waals surface area (Å²) < 4.78 is 9.81. The zero-order valence-electron chi connectivity index (χ0n) is 8.87. The lowest BCUT2D eigenvalue weighted by Crippen LogP contribution is -1.65. The van der Waals surface area contributed by atoms with Crippen LogP contribution in [0.1, 0.15) is 10.4 Å². The van der Waals surface area contributed by atoms with Gasteiger partial charge in [0.2, 0.25) is 0 Å². The third-order valence-corrected chi connectivity index (χ3v) is 2.31. The first-order chi connectivity index (χ1) is 8.29. The Bertz CT molecular complexity index is 563. The van der Waals surface area contributed by atoms with Gasteiger partial charge in [-0.05, 0) is 18.2 Å². The molecule has 3 rings (SSSR count). The first kappa shape index (κ1) is 11.5. The van der Waals surface area contributed by atoms with Gasteiger partial charge in [0.05, 0.1) is 11.8 Å². The molecule has 0 aliphatic heterocycles. The van der Waals surface area contributed by atoms with Gasteiger partial charge in [0.15, 0.2) is 11.4 Å². The Labute approximate surface area is 103 Å². The minimum Gasteiger partial charge on any atom is -0.472 e. The molecule has 4 heteroatoms. The fourth-order valence-corrected chi connectivity index (χ4v) is 1.55. The van der Waals surface area contributed by atoms with Crippen LogP contribution in [0.3, 0.4) is 0 Å². The second kappa shape index (κ2) is 5.41. The number of benzene rings is 1. The van der Waals surface area contributed by atoms with E-state index in [9.17, 15) is 4.79 Å². The molecule has 86 valence electrons. The molecule has 0 unspecified atom stereocenters. The largest absolute Gasteiger partial charge is 0.472 e. The van der Waals surface area contributed by atoms with Crippen molar-refractivity contribution in [1.82, 2.24) is 0 Å². The van der Waals surface area contributed by atoms with Crippen LogP contribution in [-0.4, -0.2) is 6.29 Å². The maximum atomic E-state index is 9.81. The number of carbonyl (C=O) groups excluding carboxylic acids is 1. The fraction of sp³-hybridized carbons (Fsp3) is 0. The molecule has 2 aromatic heterocycles. The number of hydrogen-bond acceptors (Lipinski definition) is 4. The van der Waals surface area contributed by atoms with Crippen molar-refractivity contribution in [2.45, 2.75) is 5.09 Å². The second-order valence-electron chi connectivity index (χ2n) is 3.30. The molecule has 0 saturated carbocycles. The van der Waals surface area contributed by atoms with E-state index >= 15 is 0 Å². The first-order valence-electron chi connectivity index (χ1n) is 4.94. The lowest BCUT2D eigenvalue weighted by Gasteiger charge is -1.81. The molecular formula is C13H10O3S. The van der Waals surface area contributed by atoms with Gasteiger partial charge in [0.25, 0.3) is 0 Å². The molecule has 0 bridgehead atoms. The number of thiol groups is 1. The molecule has 0 aliphatic carbocycles. The Balaban J connectivity index is 0.000000136. The van der Waals surface area contributed by atoms with E-state index in [4.69, 9.17) is 4.42 Å². The average Bonchev–Trinajstić information content (AvgIpc) is 2.96. The van der Waals surface area contributed by atoms with Gasteiger partial charge < -0.3 is 8.83 Å². The van der Waals surface area contributed by atoms with E-state index < -0.39 is 0 Å². The topological polar surface area (TPSA) is 43.4 Å². The summed E-state index contributed by atoms with van der Waals surface area (Å²) in [5.41, 5.74) is 1.48. The Morgan fingerprint density at radius 2 is 2.00 bits per heavy atom. The second-order valence-corrected chi connectivity index (χ2v) is 3.74. The van der Waals surface area contributed by atoms with Crippen molar-refractivity contribution in [1.29, 1.82) is 0 Å². The van der Waals surface area contributed by atoms with Crippen molar-refractivity contribution in [2.75, 3.05) is 0 Å². The smallest absolute Gasteiger partial charge is 0.158 e. The van der Waals surface area contributed by atoms with Gasteiger partial charge in [-0.3, -0.25) is 4.79 Å². The van der Waals surface area contributed by atoms with Crippen molar-refractivity contribution < 1.29 is 13.6 Å². The highest BCUT2D eigenvalue weighted by Crippen LogP contribution is 2.20. The molecule has 0 N–H and O–H groups in total. The quantitative estimate of drug-likeness (QED) is 0.524. The lowest BCUT2D eigenvalue weighted by molar-refractivity contribution is 0.112. The first-order valence-corrected chi connectivity index (χ1v) is 5.39. The normalized spacial score (nSPS) is 9.71. The van der Waals surface area contributed by atoms with Gasteiger partial charge in [-0.25, -0.2) is 0 Å². The zero-order chi connectivity index (χ0) is 12.1. The summed E-state index contributed by atoms with van der Waals surface area (Å²) in [6, 6.07) is 11.4. The van der Waals surface area contributed by atoms with E-state index in [0.29, 0.717) is 10.7 Å². The highest BCUT2D eigenvalue weighted by atomic mass is 32.1. The van der Waals surface area contributed by atoms with E-state index in [1.165, 1.54) is 12.5 Å².